The summed E-state index contributed by atoms with van der Waals surface area (Å²) in [5.41, 5.74) is 5.51. The SMILES string of the molecule is O=C(O)CCc1c(NC(=O)OCC2c3ccccc3-c3ccccc32)sc2ccccc12. The van der Waals surface area contributed by atoms with Gasteiger partial charge in [-0.05, 0) is 45.7 Å². The van der Waals surface area contributed by atoms with Crippen molar-refractivity contribution in [3.8, 4) is 11.1 Å². The molecule has 2 N–H and O–H groups in total. The molecule has 0 saturated carbocycles. The summed E-state index contributed by atoms with van der Waals surface area (Å²) in [6.45, 7) is 0.231. The Morgan fingerprint density at radius 2 is 1.53 bits per heavy atom. The zero-order chi connectivity index (χ0) is 22.1. The van der Waals surface area contributed by atoms with Gasteiger partial charge in [-0.3, -0.25) is 10.1 Å². The van der Waals surface area contributed by atoms with Gasteiger partial charge in [-0.25, -0.2) is 4.79 Å². The van der Waals surface area contributed by atoms with E-state index in [1.54, 1.807) is 0 Å². The smallest absolute Gasteiger partial charge is 0.412 e. The molecule has 4 aromatic rings. The highest BCUT2D eigenvalue weighted by Crippen LogP contribution is 2.44. The Morgan fingerprint density at radius 3 is 2.22 bits per heavy atom. The predicted octanol–water partition coefficient (Wildman–Crippen LogP) is 6.28. The van der Waals surface area contributed by atoms with Crippen LogP contribution in [-0.2, 0) is 16.0 Å². The lowest BCUT2D eigenvalue weighted by atomic mass is 9.98. The molecule has 3 aromatic carbocycles. The molecule has 1 aromatic heterocycles. The summed E-state index contributed by atoms with van der Waals surface area (Å²) in [6, 6.07) is 24.2. The first kappa shape index (κ1) is 20.3. The monoisotopic (exact) mass is 443 g/mol. The second-order valence-corrected chi connectivity index (χ2v) is 8.80. The minimum Gasteiger partial charge on any atom is -0.481 e. The van der Waals surface area contributed by atoms with Gasteiger partial charge in [0.25, 0.3) is 0 Å². The van der Waals surface area contributed by atoms with Gasteiger partial charge in [0.05, 0.1) is 0 Å². The molecule has 160 valence electrons. The first-order chi connectivity index (χ1) is 15.6. The Morgan fingerprint density at radius 1 is 0.906 bits per heavy atom. The highest BCUT2D eigenvalue weighted by molar-refractivity contribution is 7.23. The molecule has 0 aliphatic heterocycles. The number of carboxylic acids is 1. The van der Waals surface area contributed by atoms with Crippen LogP contribution in [0.2, 0.25) is 0 Å². The Labute approximate surface area is 189 Å². The molecule has 6 heteroatoms. The van der Waals surface area contributed by atoms with Gasteiger partial charge in [0.2, 0.25) is 0 Å². The van der Waals surface area contributed by atoms with E-state index in [-0.39, 0.29) is 18.9 Å². The second kappa shape index (κ2) is 8.48. The van der Waals surface area contributed by atoms with Gasteiger partial charge in [0.1, 0.15) is 11.6 Å². The molecule has 0 fully saturated rings. The maximum atomic E-state index is 12.7. The number of carboxylic acid groups (broad SMARTS) is 1. The fourth-order valence-corrected chi connectivity index (χ4v) is 5.54. The number of ether oxygens (including phenoxy) is 1. The van der Waals surface area contributed by atoms with Crippen LogP contribution in [0.15, 0.2) is 72.8 Å². The van der Waals surface area contributed by atoms with Crippen molar-refractivity contribution in [3.63, 3.8) is 0 Å². The van der Waals surface area contributed by atoms with Gasteiger partial charge in [-0.15, -0.1) is 11.3 Å². The van der Waals surface area contributed by atoms with E-state index in [0.717, 1.165) is 26.8 Å². The number of aryl methyl sites for hydroxylation is 1. The standard InChI is InChI=1S/C26H21NO4S/c28-24(29)14-13-21-20-11-5-6-12-23(20)32-25(21)27-26(30)31-15-22-18-9-3-1-7-16(18)17-8-2-4-10-19(17)22/h1-12,22H,13-15H2,(H,27,30)(H,28,29). The van der Waals surface area contributed by atoms with Crippen LogP contribution in [0, 0.1) is 0 Å². The first-order valence-corrected chi connectivity index (χ1v) is 11.3. The Hall–Kier alpha value is -3.64. The van der Waals surface area contributed by atoms with Crippen LogP contribution in [0.4, 0.5) is 9.80 Å². The molecule has 1 amide bonds. The van der Waals surface area contributed by atoms with E-state index < -0.39 is 12.1 Å². The van der Waals surface area contributed by atoms with E-state index in [9.17, 15) is 9.59 Å². The molecule has 1 heterocycles. The number of fused-ring (bicyclic) bond motifs is 4. The van der Waals surface area contributed by atoms with E-state index >= 15 is 0 Å². The lowest BCUT2D eigenvalue weighted by molar-refractivity contribution is -0.136. The number of amides is 1. The van der Waals surface area contributed by atoms with Crippen molar-refractivity contribution in [2.45, 2.75) is 18.8 Å². The van der Waals surface area contributed by atoms with Gasteiger partial charge in [0.15, 0.2) is 0 Å². The van der Waals surface area contributed by atoms with E-state index in [1.807, 2.05) is 48.5 Å². The van der Waals surface area contributed by atoms with Gasteiger partial charge in [-0.1, -0.05) is 66.7 Å². The number of thiophene rings is 1. The summed E-state index contributed by atoms with van der Waals surface area (Å²) in [5, 5.41) is 13.6. The van der Waals surface area contributed by atoms with Crippen molar-refractivity contribution >= 4 is 38.5 Å². The summed E-state index contributed by atoms with van der Waals surface area (Å²) in [7, 11) is 0. The number of nitrogens with one attached hydrogen (secondary N) is 1. The molecule has 1 aliphatic carbocycles. The topological polar surface area (TPSA) is 75.6 Å². The highest BCUT2D eigenvalue weighted by atomic mass is 32.1. The van der Waals surface area contributed by atoms with Crippen molar-refractivity contribution in [1.82, 2.24) is 0 Å². The molecule has 0 saturated heterocycles. The van der Waals surface area contributed by atoms with Crippen molar-refractivity contribution in [1.29, 1.82) is 0 Å². The van der Waals surface area contributed by atoms with Crippen LogP contribution in [0.25, 0.3) is 21.2 Å². The third-order valence-electron chi connectivity index (χ3n) is 5.85. The molecule has 32 heavy (non-hydrogen) atoms. The third-order valence-corrected chi connectivity index (χ3v) is 6.97. The third kappa shape index (κ3) is 3.74. The Balaban J connectivity index is 1.35. The van der Waals surface area contributed by atoms with E-state index in [2.05, 4.69) is 29.6 Å². The number of anilines is 1. The maximum absolute atomic E-state index is 12.7. The van der Waals surface area contributed by atoms with E-state index in [0.29, 0.717) is 11.4 Å². The minimum atomic E-state index is -0.868. The van der Waals surface area contributed by atoms with Crippen LogP contribution in [0.3, 0.4) is 0 Å². The molecule has 1 aliphatic rings. The van der Waals surface area contributed by atoms with Crippen molar-refractivity contribution in [2.75, 3.05) is 11.9 Å². The number of benzene rings is 3. The molecular weight excluding hydrogens is 422 g/mol. The molecule has 0 atom stereocenters. The molecular formula is C26H21NO4S. The average molecular weight is 444 g/mol. The zero-order valence-corrected chi connectivity index (χ0v) is 18.0. The molecule has 0 radical (unpaired) electrons. The van der Waals surface area contributed by atoms with Crippen LogP contribution in [0.1, 0.15) is 29.0 Å². The number of hydrogen-bond donors (Lipinski definition) is 2. The minimum absolute atomic E-state index is 0.0000966. The second-order valence-electron chi connectivity index (χ2n) is 7.75. The Kier molecular flexibility index (Phi) is 5.37. The quantitative estimate of drug-likeness (QED) is 0.368. The largest absolute Gasteiger partial charge is 0.481 e. The predicted molar refractivity (Wildman–Crippen MR) is 126 cm³/mol. The molecule has 0 spiro atoms. The maximum Gasteiger partial charge on any atom is 0.412 e. The van der Waals surface area contributed by atoms with Crippen LogP contribution in [-0.4, -0.2) is 23.8 Å². The molecule has 5 rings (SSSR count). The molecule has 0 bridgehead atoms. The lowest BCUT2D eigenvalue weighted by Crippen LogP contribution is -2.18. The first-order valence-electron chi connectivity index (χ1n) is 10.5. The summed E-state index contributed by atoms with van der Waals surface area (Å²) in [5.74, 6) is -0.880. The number of hydrogen-bond acceptors (Lipinski definition) is 4. The summed E-state index contributed by atoms with van der Waals surface area (Å²) in [4.78, 5) is 23.8. The van der Waals surface area contributed by atoms with Crippen LogP contribution < -0.4 is 5.32 Å². The lowest BCUT2D eigenvalue weighted by Gasteiger charge is -2.14. The Bertz CT molecular complexity index is 1280. The van der Waals surface area contributed by atoms with Crippen molar-refractivity contribution < 1.29 is 19.4 Å². The number of rotatable bonds is 6. The van der Waals surface area contributed by atoms with E-state index in [4.69, 9.17) is 9.84 Å². The summed E-state index contributed by atoms with van der Waals surface area (Å²) >= 11 is 1.43. The molecule has 5 nitrogen and oxygen atoms in total. The number of aliphatic carboxylic acids is 1. The average Bonchev–Trinajstić information content (AvgIpc) is 3.31. The van der Waals surface area contributed by atoms with Crippen molar-refractivity contribution in [2.24, 2.45) is 0 Å². The normalized spacial score (nSPS) is 12.4. The van der Waals surface area contributed by atoms with Gasteiger partial charge < -0.3 is 9.84 Å². The van der Waals surface area contributed by atoms with Gasteiger partial charge >= 0.3 is 12.1 Å². The zero-order valence-electron chi connectivity index (χ0n) is 17.2. The summed E-state index contributed by atoms with van der Waals surface area (Å²) in [6.07, 6.45) is -0.187. The van der Waals surface area contributed by atoms with Crippen LogP contribution in [0.5, 0.6) is 0 Å². The molecule has 0 unspecified atom stereocenters. The fraction of sp³-hybridized carbons (Fsp3) is 0.154. The van der Waals surface area contributed by atoms with Gasteiger partial charge in [-0.2, -0.15) is 0 Å². The number of carbonyl (C=O) groups excluding carboxylic acids is 1. The highest BCUT2D eigenvalue weighted by Gasteiger charge is 2.29. The van der Waals surface area contributed by atoms with Crippen LogP contribution >= 0.6 is 11.3 Å². The van der Waals surface area contributed by atoms with E-state index in [1.165, 1.54) is 22.5 Å². The van der Waals surface area contributed by atoms with Crippen molar-refractivity contribution in [3.05, 3.63) is 89.5 Å². The number of carbonyl (C=O) groups is 2. The van der Waals surface area contributed by atoms with Gasteiger partial charge in [0, 0.05) is 17.0 Å². The summed E-state index contributed by atoms with van der Waals surface area (Å²) < 4.78 is 6.66. The fourth-order valence-electron chi connectivity index (χ4n) is 4.41.